The lowest BCUT2D eigenvalue weighted by molar-refractivity contribution is 0.581. The topological polar surface area (TPSA) is 90.0 Å². The van der Waals surface area contributed by atoms with Crippen molar-refractivity contribution in [2.75, 3.05) is 12.3 Å². The highest BCUT2D eigenvalue weighted by Gasteiger charge is 2.24. The molecule has 0 aliphatic rings. The van der Waals surface area contributed by atoms with Gasteiger partial charge >= 0.3 is 0 Å². The Morgan fingerprint density at radius 1 is 1.50 bits per heavy atom. The average Bonchev–Trinajstić information content (AvgIpc) is 2.84. The maximum atomic E-state index is 12.2. The molecule has 0 aliphatic heterocycles. The van der Waals surface area contributed by atoms with Gasteiger partial charge < -0.3 is 5.73 Å². The van der Waals surface area contributed by atoms with Gasteiger partial charge in [0.05, 0.1) is 10.0 Å². The first-order valence-corrected chi connectivity index (χ1v) is 8.52. The molecule has 0 radical (unpaired) electrons. The molecule has 2 aromatic rings. The maximum absolute atomic E-state index is 12.2. The highest BCUT2D eigenvalue weighted by molar-refractivity contribution is 7.89. The lowest BCUT2D eigenvalue weighted by atomic mass is 10.3. The summed E-state index contributed by atoms with van der Waals surface area (Å²) in [6.45, 7) is 1.95. The quantitative estimate of drug-likeness (QED) is 0.868. The van der Waals surface area contributed by atoms with E-state index in [1.807, 2.05) is 6.07 Å². The van der Waals surface area contributed by atoms with Crippen molar-refractivity contribution in [2.24, 2.45) is 7.05 Å². The van der Waals surface area contributed by atoms with Crippen LogP contribution in [0.15, 0.2) is 17.0 Å². The van der Waals surface area contributed by atoms with Crippen LogP contribution < -0.4 is 10.5 Å². The first-order chi connectivity index (χ1) is 9.31. The van der Waals surface area contributed by atoms with E-state index in [1.54, 1.807) is 20.0 Å². The zero-order chi connectivity index (χ0) is 14.9. The van der Waals surface area contributed by atoms with E-state index in [1.165, 1.54) is 16.0 Å². The number of thiophene rings is 1. The summed E-state index contributed by atoms with van der Waals surface area (Å²) in [5.41, 5.74) is 6.16. The molecule has 0 aromatic carbocycles. The largest absolute Gasteiger partial charge is 0.381 e. The van der Waals surface area contributed by atoms with Gasteiger partial charge in [-0.3, -0.25) is 4.68 Å². The number of sulfonamides is 1. The van der Waals surface area contributed by atoms with Gasteiger partial charge in [0.25, 0.3) is 0 Å². The Morgan fingerprint density at radius 3 is 2.70 bits per heavy atom. The smallest absolute Gasteiger partial charge is 0.246 e. The van der Waals surface area contributed by atoms with Gasteiger partial charge in [0, 0.05) is 18.5 Å². The van der Waals surface area contributed by atoms with Gasteiger partial charge in [-0.05, 0) is 25.5 Å². The number of nitrogens with two attached hydrogens (primary N) is 1. The molecule has 6 nitrogen and oxygen atoms in total. The monoisotopic (exact) mass is 334 g/mol. The second-order valence-corrected chi connectivity index (χ2v) is 7.78. The highest BCUT2D eigenvalue weighted by Crippen LogP contribution is 2.23. The molecule has 20 heavy (non-hydrogen) atoms. The molecule has 2 heterocycles. The molecule has 0 amide bonds. The summed E-state index contributed by atoms with van der Waals surface area (Å²) in [6, 6.07) is 3.67. The molecule has 110 valence electrons. The van der Waals surface area contributed by atoms with Crippen LogP contribution in [0.25, 0.3) is 0 Å². The molecule has 2 rings (SSSR count). The zero-order valence-corrected chi connectivity index (χ0v) is 13.4. The summed E-state index contributed by atoms with van der Waals surface area (Å²) in [5.74, 6) is 0.0108. The first-order valence-electron chi connectivity index (χ1n) is 5.84. The molecule has 3 N–H and O–H groups in total. The fourth-order valence-electron chi connectivity index (χ4n) is 1.81. The Hall–Kier alpha value is -1.09. The van der Waals surface area contributed by atoms with Crippen molar-refractivity contribution in [1.29, 1.82) is 0 Å². The van der Waals surface area contributed by atoms with E-state index in [9.17, 15) is 8.42 Å². The Bertz CT molecular complexity index is 721. The zero-order valence-electron chi connectivity index (χ0n) is 11.1. The van der Waals surface area contributed by atoms with Crippen molar-refractivity contribution in [2.45, 2.75) is 18.2 Å². The predicted molar refractivity (Wildman–Crippen MR) is 80.6 cm³/mol. The Labute approximate surface area is 126 Å². The number of anilines is 1. The second kappa shape index (κ2) is 5.72. The number of nitrogens with zero attached hydrogens (tertiary/aromatic N) is 2. The maximum Gasteiger partial charge on any atom is 0.246 e. The molecule has 0 bridgehead atoms. The van der Waals surface area contributed by atoms with Gasteiger partial charge in [-0.15, -0.1) is 11.3 Å². The predicted octanol–water partition coefficient (Wildman–Crippen LogP) is 1.55. The summed E-state index contributed by atoms with van der Waals surface area (Å²) in [7, 11) is -2.00. The Kier molecular flexibility index (Phi) is 4.38. The van der Waals surface area contributed by atoms with E-state index in [0.717, 1.165) is 4.88 Å². The van der Waals surface area contributed by atoms with E-state index in [4.69, 9.17) is 17.3 Å². The molecular weight excluding hydrogens is 320 g/mol. The third-order valence-electron chi connectivity index (χ3n) is 2.87. The molecule has 0 saturated carbocycles. The Balaban J connectivity index is 2.08. The number of nitrogens with one attached hydrogen (secondary N) is 1. The molecule has 0 spiro atoms. The number of aromatic nitrogens is 2. The van der Waals surface area contributed by atoms with Gasteiger partial charge in [-0.25, -0.2) is 13.1 Å². The average molecular weight is 335 g/mol. The van der Waals surface area contributed by atoms with E-state index in [-0.39, 0.29) is 17.3 Å². The molecule has 0 unspecified atom stereocenters. The van der Waals surface area contributed by atoms with Crippen LogP contribution in [-0.2, 0) is 23.5 Å². The SMILES string of the molecule is Cc1c(S(=O)(=O)NCCc2ccc(Cl)s2)c(N)nn1C. The Morgan fingerprint density at radius 2 is 2.20 bits per heavy atom. The van der Waals surface area contributed by atoms with Crippen molar-refractivity contribution in [1.82, 2.24) is 14.5 Å². The van der Waals surface area contributed by atoms with Gasteiger partial charge in [0.1, 0.15) is 4.90 Å². The lowest BCUT2D eigenvalue weighted by Gasteiger charge is -2.06. The van der Waals surface area contributed by atoms with Gasteiger partial charge in [-0.1, -0.05) is 11.6 Å². The molecule has 0 atom stereocenters. The number of aryl methyl sites for hydroxylation is 1. The summed E-state index contributed by atoms with van der Waals surface area (Å²) in [4.78, 5) is 1.07. The number of nitrogen functional groups attached to an aromatic ring is 1. The minimum Gasteiger partial charge on any atom is -0.381 e. The van der Waals surface area contributed by atoms with E-state index >= 15 is 0 Å². The van der Waals surface area contributed by atoms with Crippen molar-refractivity contribution >= 4 is 38.8 Å². The van der Waals surface area contributed by atoms with Crippen LogP contribution >= 0.6 is 22.9 Å². The van der Waals surface area contributed by atoms with Crippen LogP contribution in [0.3, 0.4) is 0 Å². The molecule has 0 fully saturated rings. The summed E-state index contributed by atoms with van der Waals surface area (Å²) in [6.07, 6.45) is 0.579. The van der Waals surface area contributed by atoms with Gasteiger partial charge in [-0.2, -0.15) is 5.10 Å². The summed E-state index contributed by atoms with van der Waals surface area (Å²) >= 11 is 7.26. The van der Waals surface area contributed by atoms with Gasteiger partial charge in [0.2, 0.25) is 10.0 Å². The molecular formula is C11H15ClN4O2S2. The second-order valence-electron chi connectivity index (χ2n) is 4.28. The van der Waals surface area contributed by atoms with Crippen LogP contribution in [0.5, 0.6) is 0 Å². The highest BCUT2D eigenvalue weighted by atomic mass is 35.5. The number of hydrogen-bond donors (Lipinski definition) is 2. The van der Waals surface area contributed by atoms with Crippen molar-refractivity contribution in [3.8, 4) is 0 Å². The van der Waals surface area contributed by atoms with Crippen LogP contribution in [0.2, 0.25) is 4.34 Å². The van der Waals surface area contributed by atoms with Crippen molar-refractivity contribution in [3.05, 3.63) is 27.0 Å². The van der Waals surface area contributed by atoms with Crippen LogP contribution in [0, 0.1) is 6.92 Å². The minimum atomic E-state index is -3.65. The summed E-state index contributed by atoms with van der Waals surface area (Å²) in [5, 5.41) is 3.91. The van der Waals surface area contributed by atoms with Crippen LogP contribution in [0.1, 0.15) is 10.6 Å². The number of hydrogen-bond acceptors (Lipinski definition) is 5. The standard InChI is InChI=1S/C11H15ClN4O2S2/c1-7-10(11(13)15-16(7)2)20(17,18)14-6-5-8-3-4-9(12)19-8/h3-4,14H,5-6H2,1-2H3,(H2,13,15). The third kappa shape index (κ3) is 3.14. The lowest BCUT2D eigenvalue weighted by Crippen LogP contribution is -2.26. The normalized spacial score (nSPS) is 11.9. The molecule has 0 aliphatic carbocycles. The fourth-order valence-corrected chi connectivity index (χ4v) is 4.25. The molecule has 0 saturated heterocycles. The fraction of sp³-hybridized carbons (Fsp3) is 0.364. The van der Waals surface area contributed by atoms with E-state index < -0.39 is 10.0 Å². The van der Waals surface area contributed by atoms with Gasteiger partial charge in [0.15, 0.2) is 5.82 Å². The van der Waals surface area contributed by atoms with Crippen molar-refractivity contribution < 1.29 is 8.42 Å². The third-order valence-corrected chi connectivity index (χ3v) is 5.78. The van der Waals surface area contributed by atoms with Crippen LogP contribution in [-0.4, -0.2) is 24.7 Å². The first kappa shape index (κ1) is 15.3. The van der Waals surface area contributed by atoms with Crippen molar-refractivity contribution in [3.63, 3.8) is 0 Å². The summed E-state index contributed by atoms with van der Waals surface area (Å²) < 4.78 is 29.1. The van der Waals surface area contributed by atoms with E-state index in [2.05, 4.69) is 9.82 Å². The molecule has 9 heteroatoms. The minimum absolute atomic E-state index is 0.0108. The number of halogens is 1. The van der Waals surface area contributed by atoms with Crippen LogP contribution in [0.4, 0.5) is 5.82 Å². The number of rotatable bonds is 5. The molecule has 2 aromatic heterocycles. The van der Waals surface area contributed by atoms with E-state index in [0.29, 0.717) is 16.5 Å².